The van der Waals surface area contributed by atoms with Crippen LogP contribution in [0.5, 0.6) is 5.75 Å². The quantitative estimate of drug-likeness (QED) is 0.752. The van der Waals surface area contributed by atoms with Crippen molar-refractivity contribution in [2.24, 2.45) is 5.73 Å². The van der Waals surface area contributed by atoms with Crippen LogP contribution in [-0.4, -0.2) is 18.5 Å². The average molecular weight is 314 g/mol. The van der Waals surface area contributed by atoms with Crippen molar-refractivity contribution in [2.75, 3.05) is 6.54 Å². The SMILES string of the molecule is NC(=O)Oc1ccc2occ(CCNC(=O)c3ccco3)c2c1. The van der Waals surface area contributed by atoms with Crippen LogP contribution in [0.4, 0.5) is 4.79 Å². The molecule has 0 aliphatic carbocycles. The van der Waals surface area contributed by atoms with Crippen LogP contribution in [0.3, 0.4) is 0 Å². The van der Waals surface area contributed by atoms with Crippen molar-refractivity contribution in [1.82, 2.24) is 5.32 Å². The lowest BCUT2D eigenvalue weighted by Gasteiger charge is -2.03. The summed E-state index contributed by atoms with van der Waals surface area (Å²) in [4.78, 5) is 22.6. The van der Waals surface area contributed by atoms with Crippen molar-refractivity contribution in [2.45, 2.75) is 6.42 Å². The maximum atomic E-state index is 11.8. The first kappa shape index (κ1) is 14.7. The first-order chi connectivity index (χ1) is 11.1. The summed E-state index contributed by atoms with van der Waals surface area (Å²) in [6.07, 6.45) is 2.73. The van der Waals surface area contributed by atoms with Crippen LogP contribution in [-0.2, 0) is 6.42 Å². The summed E-state index contributed by atoms with van der Waals surface area (Å²) in [6.45, 7) is 0.412. The Kier molecular flexibility index (Phi) is 4.01. The highest BCUT2D eigenvalue weighted by Gasteiger charge is 2.11. The van der Waals surface area contributed by atoms with E-state index in [1.807, 2.05) is 0 Å². The van der Waals surface area contributed by atoms with E-state index in [0.29, 0.717) is 24.3 Å². The van der Waals surface area contributed by atoms with E-state index < -0.39 is 6.09 Å². The molecule has 3 rings (SSSR count). The number of hydrogen-bond acceptors (Lipinski definition) is 5. The van der Waals surface area contributed by atoms with Gasteiger partial charge >= 0.3 is 6.09 Å². The number of carbonyl (C=O) groups excluding carboxylic acids is 2. The Hall–Kier alpha value is -3.22. The Labute approximate surface area is 131 Å². The van der Waals surface area contributed by atoms with Gasteiger partial charge < -0.3 is 24.6 Å². The molecule has 2 heterocycles. The van der Waals surface area contributed by atoms with Crippen LogP contribution in [0, 0.1) is 0 Å². The smallest absolute Gasteiger partial charge is 0.409 e. The zero-order chi connectivity index (χ0) is 16.2. The second kappa shape index (κ2) is 6.27. The van der Waals surface area contributed by atoms with Crippen molar-refractivity contribution >= 4 is 23.0 Å². The van der Waals surface area contributed by atoms with E-state index in [9.17, 15) is 9.59 Å². The molecule has 0 atom stereocenters. The van der Waals surface area contributed by atoms with Crippen molar-refractivity contribution in [3.05, 3.63) is 54.2 Å². The molecule has 0 aliphatic rings. The minimum Gasteiger partial charge on any atom is -0.464 e. The van der Waals surface area contributed by atoms with Crippen LogP contribution < -0.4 is 15.8 Å². The Balaban J connectivity index is 1.67. The molecule has 0 bridgehead atoms. The molecule has 0 radical (unpaired) electrons. The molecule has 0 spiro atoms. The van der Waals surface area contributed by atoms with Gasteiger partial charge in [-0.25, -0.2) is 4.79 Å². The Morgan fingerprint density at radius 3 is 2.83 bits per heavy atom. The number of carbonyl (C=O) groups is 2. The van der Waals surface area contributed by atoms with E-state index in [2.05, 4.69) is 5.32 Å². The fourth-order valence-electron chi connectivity index (χ4n) is 2.24. The second-order valence-electron chi connectivity index (χ2n) is 4.82. The summed E-state index contributed by atoms with van der Waals surface area (Å²) >= 11 is 0. The summed E-state index contributed by atoms with van der Waals surface area (Å²) in [6, 6.07) is 8.21. The van der Waals surface area contributed by atoms with Gasteiger partial charge in [0.05, 0.1) is 12.5 Å². The molecule has 2 aromatic heterocycles. The minimum absolute atomic E-state index is 0.263. The number of primary amides is 1. The summed E-state index contributed by atoms with van der Waals surface area (Å²) in [5, 5.41) is 3.56. The van der Waals surface area contributed by atoms with Gasteiger partial charge in [0.15, 0.2) is 5.76 Å². The highest BCUT2D eigenvalue weighted by atomic mass is 16.5. The van der Waals surface area contributed by atoms with Crippen molar-refractivity contribution in [3.63, 3.8) is 0 Å². The molecule has 7 heteroatoms. The van der Waals surface area contributed by atoms with Crippen molar-refractivity contribution < 1.29 is 23.2 Å². The van der Waals surface area contributed by atoms with E-state index in [0.717, 1.165) is 10.9 Å². The number of hydrogen-bond donors (Lipinski definition) is 2. The van der Waals surface area contributed by atoms with E-state index in [-0.39, 0.29) is 11.7 Å². The van der Waals surface area contributed by atoms with Crippen LogP contribution in [0.2, 0.25) is 0 Å². The lowest BCUT2D eigenvalue weighted by molar-refractivity contribution is 0.0926. The monoisotopic (exact) mass is 314 g/mol. The number of nitrogens with two attached hydrogens (primary N) is 1. The predicted octanol–water partition coefficient (Wildman–Crippen LogP) is 2.46. The molecular formula is C16H14N2O5. The zero-order valence-corrected chi connectivity index (χ0v) is 12.1. The molecule has 2 amide bonds. The number of ether oxygens (including phenoxy) is 1. The molecule has 0 aliphatic heterocycles. The first-order valence-corrected chi connectivity index (χ1v) is 6.92. The van der Waals surface area contributed by atoms with E-state index in [1.54, 1.807) is 36.6 Å². The van der Waals surface area contributed by atoms with Gasteiger partial charge in [0.25, 0.3) is 5.91 Å². The largest absolute Gasteiger partial charge is 0.464 e. The number of benzene rings is 1. The summed E-state index contributed by atoms with van der Waals surface area (Å²) < 4.78 is 15.3. The standard InChI is InChI=1S/C16H14N2O5/c17-16(20)23-11-3-4-13-12(8-11)10(9-22-13)5-6-18-15(19)14-2-1-7-21-14/h1-4,7-9H,5-6H2,(H2,17,20)(H,18,19). The number of amides is 2. The lowest BCUT2D eigenvalue weighted by Crippen LogP contribution is -2.25. The Morgan fingerprint density at radius 2 is 2.09 bits per heavy atom. The lowest BCUT2D eigenvalue weighted by atomic mass is 10.1. The third-order valence-corrected chi connectivity index (χ3v) is 3.27. The van der Waals surface area contributed by atoms with Crippen LogP contribution >= 0.6 is 0 Å². The fourth-order valence-corrected chi connectivity index (χ4v) is 2.24. The van der Waals surface area contributed by atoms with E-state index in [1.165, 1.54) is 6.26 Å². The Bertz CT molecular complexity index is 835. The molecular weight excluding hydrogens is 300 g/mol. The normalized spacial score (nSPS) is 10.6. The van der Waals surface area contributed by atoms with Gasteiger partial charge in [0.2, 0.25) is 0 Å². The van der Waals surface area contributed by atoms with Crippen LogP contribution in [0.1, 0.15) is 16.1 Å². The van der Waals surface area contributed by atoms with Gasteiger partial charge in [-0.2, -0.15) is 0 Å². The molecule has 23 heavy (non-hydrogen) atoms. The first-order valence-electron chi connectivity index (χ1n) is 6.92. The van der Waals surface area contributed by atoms with Crippen molar-refractivity contribution in [1.29, 1.82) is 0 Å². The van der Waals surface area contributed by atoms with E-state index in [4.69, 9.17) is 19.3 Å². The zero-order valence-electron chi connectivity index (χ0n) is 12.1. The Morgan fingerprint density at radius 1 is 1.22 bits per heavy atom. The maximum absolute atomic E-state index is 11.8. The molecule has 3 aromatic rings. The van der Waals surface area contributed by atoms with Gasteiger partial charge in [-0.05, 0) is 36.8 Å². The highest BCUT2D eigenvalue weighted by Crippen LogP contribution is 2.26. The molecule has 0 saturated carbocycles. The number of fused-ring (bicyclic) bond motifs is 1. The molecule has 118 valence electrons. The van der Waals surface area contributed by atoms with Crippen LogP contribution in [0.15, 0.2) is 51.7 Å². The van der Waals surface area contributed by atoms with Gasteiger partial charge in [-0.1, -0.05) is 0 Å². The van der Waals surface area contributed by atoms with Gasteiger partial charge in [-0.3, -0.25) is 4.79 Å². The fraction of sp³-hybridized carbons (Fsp3) is 0.125. The number of furan rings is 2. The number of rotatable bonds is 5. The van der Waals surface area contributed by atoms with E-state index >= 15 is 0 Å². The summed E-state index contributed by atoms with van der Waals surface area (Å²) in [7, 11) is 0. The predicted molar refractivity (Wildman–Crippen MR) is 81.2 cm³/mol. The topological polar surface area (TPSA) is 108 Å². The molecule has 0 saturated heterocycles. The van der Waals surface area contributed by atoms with Gasteiger partial charge in [0, 0.05) is 17.5 Å². The third kappa shape index (κ3) is 3.34. The minimum atomic E-state index is -0.875. The summed E-state index contributed by atoms with van der Waals surface area (Å²) in [5.74, 6) is 0.326. The number of nitrogens with one attached hydrogen (secondary N) is 1. The molecule has 3 N–H and O–H groups in total. The highest BCUT2D eigenvalue weighted by molar-refractivity contribution is 5.91. The molecule has 1 aromatic carbocycles. The van der Waals surface area contributed by atoms with Gasteiger partial charge in [0.1, 0.15) is 11.3 Å². The third-order valence-electron chi connectivity index (χ3n) is 3.27. The maximum Gasteiger partial charge on any atom is 0.409 e. The summed E-state index contributed by atoms with van der Waals surface area (Å²) in [5.41, 5.74) is 6.55. The van der Waals surface area contributed by atoms with Crippen LogP contribution in [0.25, 0.3) is 11.0 Å². The van der Waals surface area contributed by atoms with Gasteiger partial charge in [-0.15, -0.1) is 0 Å². The average Bonchev–Trinajstić information content (AvgIpc) is 3.16. The molecule has 0 fully saturated rings. The second-order valence-corrected chi connectivity index (χ2v) is 4.82. The molecule has 0 unspecified atom stereocenters. The molecule has 7 nitrogen and oxygen atoms in total. The van der Waals surface area contributed by atoms with Crippen molar-refractivity contribution in [3.8, 4) is 5.75 Å².